The fraction of sp³-hybridized carbons (Fsp3) is 0.357. The number of carboxylic acids is 1. The Kier molecular flexibility index (Phi) is 5.33. The van der Waals surface area contributed by atoms with Crippen molar-refractivity contribution in [3.63, 3.8) is 0 Å². The van der Waals surface area contributed by atoms with E-state index in [2.05, 4.69) is 10.1 Å². The number of nitrogens with zero attached hydrogens (tertiary/aromatic N) is 1. The fourth-order valence-corrected chi connectivity index (χ4v) is 2.60. The van der Waals surface area contributed by atoms with E-state index in [-0.39, 0.29) is 27.8 Å². The van der Waals surface area contributed by atoms with Crippen LogP contribution in [-0.4, -0.2) is 48.2 Å². The van der Waals surface area contributed by atoms with Crippen molar-refractivity contribution in [1.82, 2.24) is 4.90 Å². The van der Waals surface area contributed by atoms with Gasteiger partial charge in [-0.15, -0.1) is 0 Å². The van der Waals surface area contributed by atoms with Crippen LogP contribution in [0.2, 0.25) is 10.0 Å². The first-order valence-electron chi connectivity index (χ1n) is 6.69. The Balaban J connectivity index is 2.19. The number of anilines is 1. The summed E-state index contributed by atoms with van der Waals surface area (Å²) in [4.78, 5) is 36.3. The molecule has 0 aromatic heterocycles. The van der Waals surface area contributed by atoms with Gasteiger partial charge in [-0.2, -0.15) is 0 Å². The lowest BCUT2D eigenvalue weighted by Gasteiger charge is -2.18. The van der Waals surface area contributed by atoms with E-state index in [4.69, 9.17) is 28.3 Å². The number of halogens is 2. The number of nitrogens with one attached hydrogen (secondary N) is 1. The molecule has 1 unspecified atom stereocenters. The molecule has 1 aliphatic rings. The smallest absolute Gasteiger partial charge is 0.340 e. The number of hydrogen-bond acceptors (Lipinski definition) is 4. The van der Waals surface area contributed by atoms with Crippen molar-refractivity contribution >= 4 is 46.9 Å². The number of carbonyl (C=O) groups excluding carboxylic acids is 2. The number of aliphatic carboxylic acids is 1. The van der Waals surface area contributed by atoms with Crippen molar-refractivity contribution in [2.45, 2.75) is 6.42 Å². The number of carboxylic acid groups (broad SMARTS) is 1. The summed E-state index contributed by atoms with van der Waals surface area (Å²) in [6.07, 6.45) is 0.383. The Labute approximate surface area is 142 Å². The van der Waals surface area contributed by atoms with Gasteiger partial charge in [0.2, 0.25) is 0 Å². The van der Waals surface area contributed by atoms with E-state index in [0.29, 0.717) is 13.0 Å². The second-order valence-electron chi connectivity index (χ2n) is 5.00. The molecular weight excluding hydrogens is 347 g/mol. The number of methoxy groups -OCH3 is 1. The average molecular weight is 361 g/mol. The largest absolute Gasteiger partial charge is 0.481 e. The van der Waals surface area contributed by atoms with Gasteiger partial charge >= 0.3 is 18.0 Å². The third kappa shape index (κ3) is 3.86. The Morgan fingerprint density at radius 1 is 1.30 bits per heavy atom. The van der Waals surface area contributed by atoms with Gasteiger partial charge in [0.15, 0.2) is 0 Å². The van der Waals surface area contributed by atoms with Crippen LogP contribution in [0.3, 0.4) is 0 Å². The van der Waals surface area contributed by atoms with Crippen LogP contribution >= 0.6 is 23.2 Å². The number of urea groups is 1. The maximum Gasteiger partial charge on any atom is 0.340 e. The van der Waals surface area contributed by atoms with Crippen LogP contribution in [0.25, 0.3) is 0 Å². The maximum absolute atomic E-state index is 12.2. The zero-order valence-corrected chi connectivity index (χ0v) is 13.6. The van der Waals surface area contributed by atoms with E-state index in [1.54, 1.807) is 0 Å². The Hall–Kier alpha value is -1.99. The number of rotatable bonds is 3. The monoisotopic (exact) mass is 360 g/mol. The molecule has 2 N–H and O–H groups in total. The molecule has 9 heteroatoms. The number of ether oxygens (including phenoxy) is 1. The summed E-state index contributed by atoms with van der Waals surface area (Å²) in [6, 6.07) is 2.13. The molecule has 0 radical (unpaired) electrons. The van der Waals surface area contributed by atoms with E-state index in [1.165, 1.54) is 24.1 Å². The summed E-state index contributed by atoms with van der Waals surface area (Å²) >= 11 is 11.8. The van der Waals surface area contributed by atoms with Gasteiger partial charge in [-0.1, -0.05) is 23.2 Å². The predicted molar refractivity (Wildman–Crippen MR) is 84.1 cm³/mol. The zero-order valence-electron chi connectivity index (χ0n) is 12.1. The number of hydrogen-bond donors (Lipinski definition) is 2. The van der Waals surface area contributed by atoms with Crippen molar-refractivity contribution in [2.24, 2.45) is 5.92 Å². The molecular formula is C14H14Cl2N2O5. The first kappa shape index (κ1) is 17.4. The molecule has 0 bridgehead atoms. The van der Waals surface area contributed by atoms with Crippen LogP contribution in [0.1, 0.15) is 16.8 Å². The molecule has 0 aliphatic carbocycles. The van der Waals surface area contributed by atoms with Crippen LogP contribution in [0, 0.1) is 5.92 Å². The summed E-state index contributed by atoms with van der Waals surface area (Å²) in [5, 5.41) is 11.8. The summed E-state index contributed by atoms with van der Waals surface area (Å²) in [5.41, 5.74) is 0.208. The highest BCUT2D eigenvalue weighted by atomic mass is 35.5. The highest BCUT2D eigenvalue weighted by molar-refractivity contribution is 6.42. The molecule has 1 aliphatic heterocycles. The average Bonchev–Trinajstić information content (AvgIpc) is 3.00. The molecule has 1 atom stereocenters. The Morgan fingerprint density at radius 2 is 1.96 bits per heavy atom. The lowest BCUT2D eigenvalue weighted by atomic mass is 10.1. The summed E-state index contributed by atoms with van der Waals surface area (Å²) in [5.74, 6) is -2.21. The minimum absolute atomic E-state index is 0.0595. The van der Waals surface area contributed by atoms with Gasteiger partial charge in [-0.3, -0.25) is 4.79 Å². The van der Waals surface area contributed by atoms with E-state index < -0.39 is 23.9 Å². The molecule has 23 heavy (non-hydrogen) atoms. The third-order valence-electron chi connectivity index (χ3n) is 3.53. The van der Waals surface area contributed by atoms with Gasteiger partial charge in [0, 0.05) is 13.1 Å². The summed E-state index contributed by atoms with van der Waals surface area (Å²) < 4.78 is 4.64. The van der Waals surface area contributed by atoms with Crippen molar-refractivity contribution in [3.05, 3.63) is 27.7 Å². The van der Waals surface area contributed by atoms with Crippen molar-refractivity contribution in [2.75, 3.05) is 25.5 Å². The molecule has 7 nitrogen and oxygen atoms in total. The topological polar surface area (TPSA) is 95.9 Å². The van der Waals surface area contributed by atoms with E-state index >= 15 is 0 Å². The van der Waals surface area contributed by atoms with Crippen LogP contribution < -0.4 is 5.32 Å². The summed E-state index contributed by atoms with van der Waals surface area (Å²) in [7, 11) is 1.20. The molecule has 0 spiro atoms. The minimum atomic E-state index is -0.940. The van der Waals surface area contributed by atoms with Gasteiger partial charge in [0.25, 0.3) is 0 Å². The molecule has 1 heterocycles. The second-order valence-corrected chi connectivity index (χ2v) is 5.82. The third-order valence-corrected chi connectivity index (χ3v) is 4.25. The van der Waals surface area contributed by atoms with E-state index in [9.17, 15) is 14.4 Å². The molecule has 0 saturated carbocycles. The first-order valence-corrected chi connectivity index (χ1v) is 7.45. The summed E-state index contributed by atoms with van der Waals surface area (Å²) in [6.45, 7) is 0.424. The zero-order chi connectivity index (χ0) is 17.1. The van der Waals surface area contributed by atoms with Gasteiger partial charge < -0.3 is 20.1 Å². The van der Waals surface area contributed by atoms with Gasteiger partial charge in [-0.05, 0) is 18.6 Å². The lowest BCUT2D eigenvalue weighted by Crippen LogP contribution is -2.34. The lowest BCUT2D eigenvalue weighted by molar-refractivity contribution is -0.141. The Morgan fingerprint density at radius 3 is 2.52 bits per heavy atom. The van der Waals surface area contributed by atoms with Gasteiger partial charge in [0.05, 0.1) is 34.3 Å². The number of benzene rings is 1. The minimum Gasteiger partial charge on any atom is -0.481 e. The first-order chi connectivity index (χ1) is 10.8. The van der Waals surface area contributed by atoms with Crippen molar-refractivity contribution in [3.8, 4) is 0 Å². The van der Waals surface area contributed by atoms with Crippen LogP contribution in [-0.2, 0) is 9.53 Å². The molecule has 1 aromatic rings. The Bertz CT molecular complexity index is 665. The molecule has 2 amide bonds. The molecule has 1 saturated heterocycles. The van der Waals surface area contributed by atoms with Crippen LogP contribution in [0.15, 0.2) is 12.1 Å². The number of esters is 1. The van der Waals surface area contributed by atoms with Gasteiger partial charge in [0.1, 0.15) is 0 Å². The highest BCUT2D eigenvalue weighted by Gasteiger charge is 2.31. The molecule has 1 aromatic carbocycles. The van der Waals surface area contributed by atoms with Crippen molar-refractivity contribution in [1.29, 1.82) is 0 Å². The van der Waals surface area contributed by atoms with E-state index in [0.717, 1.165) is 0 Å². The SMILES string of the molecule is COC(=O)c1cc(Cl)c(Cl)cc1NC(=O)N1CCC(C(=O)O)C1. The maximum atomic E-state index is 12.2. The molecule has 2 rings (SSSR count). The standard InChI is InChI=1S/C14H14Cl2N2O5/c1-23-13(21)8-4-9(15)10(16)5-11(8)17-14(22)18-3-2-7(6-18)12(19)20/h4-5,7H,2-3,6H2,1H3,(H,17,22)(H,19,20). The van der Waals surface area contributed by atoms with Crippen molar-refractivity contribution < 1.29 is 24.2 Å². The predicted octanol–water partition coefficient (Wildman–Crippen LogP) is 2.72. The van der Waals surface area contributed by atoms with E-state index in [1.807, 2.05) is 0 Å². The quantitative estimate of drug-likeness (QED) is 0.807. The fourth-order valence-electron chi connectivity index (χ4n) is 2.27. The normalized spacial score (nSPS) is 17.0. The molecule has 1 fully saturated rings. The van der Waals surface area contributed by atoms with Gasteiger partial charge in [-0.25, -0.2) is 9.59 Å². The van der Waals surface area contributed by atoms with Crippen LogP contribution in [0.5, 0.6) is 0 Å². The van der Waals surface area contributed by atoms with Crippen LogP contribution in [0.4, 0.5) is 10.5 Å². The number of amides is 2. The number of likely N-dealkylation sites (tertiary alicyclic amines) is 1. The molecule has 124 valence electrons. The highest BCUT2D eigenvalue weighted by Crippen LogP contribution is 2.30. The second kappa shape index (κ2) is 7.06. The number of carbonyl (C=O) groups is 3.